The van der Waals surface area contributed by atoms with Gasteiger partial charge in [-0.15, -0.1) is 0 Å². The number of hydrogen-bond donors (Lipinski definition) is 1. The van der Waals surface area contributed by atoms with Crippen LogP contribution in [0.3, 0.4) is 0 Å². The van der Waals surface area contributed by atoms with Crippen LogP contribution in [-0.4, -0.2) is 38.2 Å². The van der Waals surface area contributed by atoms with E-state index < -0.39 is 17.8 Å². The molecule has 9 heteroatoms. The Hall–Kier alpha value is -2.06. The van der Waals surface area contributed by atoms with Gasteiger partial charge in [-0.3, -0.25) is 14.3 Å². The second-order valence-corrected chi connectivity index (χ2v) is 10.1. The van der Waals surface area contributed by atoms with E-state index in [9.17, 15) is 22.8 Å². The minimum absolute atomic E-state index is 0.0481. The summed E-state index contributed by atoms with van der Waals surface area (Å²) < 4.78 is 42.4. The van der Waals surface area contributed by atoms with E-state index in [1.807, 2.05) is 0 Å². The van der Waals surface area contributed by atoms with Crippen LogP contribution in [0, 0.1) is 17.8 Å². The Kier molecular flexibility index (Phi) is 7.34. The Morgan fingerprint density at radius 1 is 1.00 bits per heavy atom. The zero-order valence-electron chi connectivity index (χ0n) is 19.1. The van der Waals surface area contributed by atoms with Gasteiger partial charge in [0.2, 0.25) is 5.91 Å². The van der Waals surface area contributed by atoms with Crippen LogP contribution in [0.2, 0.25) is 0 Å². The molecule has 2 aliphatic carbocycles. The maximum Gasteiger partial charge on any atom is 0.435 e. The van der Waals surface area contributed by atoms with E-state index >= 15 is 0 Å². The van der Waals surface area contributed by atoms with E-state index in [1.165, 1.54) is 23.9 Å². The van der Waals surface area contributed by atoms with E-state index in [2.05, 4.69) is 5.10 Å². The number of carboxylic acid groups (broad SMARTS) is 1. The van der Waals surface area contributed by atoms with Gasteiger partial charge in [-0.25, -0.2) is 0 Å². The molecule has 0 spiro atoms. The summed E-state index contributed by atoms with van der Waals surface area (Å²) >= 11 is 0. The standard InChI is InChI=1S/C24H34F3N3O3/c25-24(26,27)22-19-11-12-29(21(31)14-17-6-8-18(9-7-17)23(32)33)15-20(19)30(28-22)13-10-16-4-2-1-3-5-16/h16-18H,1-15H2,(H,32,33). The predicted octanol–water partition coefficient (Wildman–Crippen LogP) is 5.04. The molecule has 0 radical (unpaired) electrons. The number of hydrogen-bond acceptors (Lipinski definition) is 3. The third-order valence-corrected chi connectivity index (χ3v) is 7.89. The van der Waals surface area contributed by atoms with Crippen LogP contribution in [0.1, 0.15) is 87.6 Å². The van der Waals surface area contributed by atoms with Crippen molar-refractivity contribution >= 4 is 11.9 Å². The summed E-state index contributed by atoms with van der Waals surface area (Å²) in [6, 6.07) is 0. The lowest BCUT2D eigenvalue weighted by Gasteiger charge is -2.31. The number of nitrogens with zero attached hydrogens (tertiary/aromatic N) is 3. The molecule has 0 aromatic carbocycles. The zero-order valence-corrected chi connectivity index (χ0v) is 19.1. The third-order valence-electron chi connectivity index (χ3n) is 7.89. The minimum Gasteiger partial charge on any atom is -0.481 e. The second kappa shape index (κ2) is 10.1. The van der Waals surface area contributed by atoms with Crippen LogP contribution >= 0.6 is 0 Å². The summed E-state index contributed by atoms with van der Waals surface area (Å²) in [6.07, 6.45) is 5.30. The Bertz CT molecular complexity index is 853. The molecule has 3 aliphatic rings. The van der Waals surface area contributed by atoms with Crippen molar-refractivity contribution < 1.29 is 27.9 Å². The van der Waals surface area contributed by atoms with Crippen LogP contribution in [0.4, 0.5) is 13.2 Å². The molecule has 2 fully saturated rings. The maximum atomic E-state index is 13.6. The van der Waals surface area contributed by atoms with Crippen LogP contribution in [0.5, 0.6) is 0 Å². The molecule has 1 aliphatic heterocycles. The number of rotatable bonds is 6. The van der Waals surface area contributed by atoms with Gasteiger partial charge in [-0.05, 0) is 50.4 Å². The van der Waals surface area contributed by atoms with Crippen molar-refractivity contribution in [1.29, 1.82) is 0 Å². The Labute approximate surface area is 192 Å². The lowest BCUT2D eigenvalue weighted by Crippen LogP contribution is -2.38. The van der Waals surface area contributed by atoms with Crippen molar-refractivity contribution in [1.82, 2.24) is 14.7 Å². The summed E-state index contributed by atoms with van der Waals surface area (Å²) in [5.41, 5.74) is -0.00952. The molecule has 1 aromatic rings. The molecular weight excluding hydrogens is 435 g/mol. The maximum absolute atomic E-state index is 13.6. The van der Waals surface area contributed by atoms with E-state index in [0.29, 0.717) is 50.3 Å². The van der Waals surface area contributed by atoms with Crippen molar-refractivity contribution in [3.8, 4) is 0 Å². The molecule has 4 rings (SSSR count). The van der Waals surface area contributed by atoms with Crippen LogP contribution < -0.4 is 0 Å². The van der Waals surface area contributed by atoms with Gasteiger partial charge in [0.05, 0.1) is 18.2 Å². The SMILES string of the molecule is O=C(O)C1CCC(CC(=O)N2CCc3c(C(F)(F)F)nn(CCC4CCCCC4)c3C2)CC1. The first-order valence-corrected chi connectivity index (χ1v) is 12.4. The molecule has 0 bridgehead atoms. The number of aromatic nitrogens is 2. The molecule has 2 saturated carbocycles. The zero-order chi connectivity index (χ0) is 23.6. The number of carbonyl (C=O) groups is 2. The van der Waals surface area contributed by atoms with Crippen LogP contribution in [0.15, 0.2) is 0 Å². The van der Waals surface area contributed by atoms with Crippen LogP contribution in [-0.2, 0) is 35.3 Å². The molecule has 0 saturated heterocycles. The lowest BCUT2D eigenvalue weighted by molar-refractivity contribution is -0.143. The van der Waals surface area contributed by atoms with Crippen molar-refractivity contribution in [2.45, 2.75) is 96.3 Å². The first-order chi connectivity index (χ1) is 15.7. The van der Waals surface area contributed by atoms with Gasteiger partial charge in [-0.1, -0.05) is 32.1 Å². The minimum atomic E-state index is -4.49. The number of aryl methyl sites for hydroxylation is 1. The predicted molar refractivity (Wildman–Crippen MR) is 115 cm³/mol. The molecule has 184 valence electrons. The number of halogens is 3. The highest BCUT2D eigenvalue weighted by atomic mass is 19.4. The number of amides is 1. The number of fused-ring (bicyclic) bond motifs is 1. The molecule has 2 heterocycles. The Balaban J connectivity index is 1.42. The molecule has 1 N–H and O–H groups in total. The molecular formula is C24H34F3N3O3. The number of carbonyl (C=O) groups excluding carboxylic acids is 1. The molecule has 1 amide bonds. The van der Waals surface area contributed by atoms with Gasteiger partial charge in [0.15, 0.2) is 5.69 Å². The van der Waals surface area contributed by atoms with E-state index in [0.717, 1.165) is 19.3 Å². The van der Waals surface area contributed by atoms with Gasteiger partial charge in [0.1, 0.15) is 0 Å². The fourth-order valence-corrected chi connectivity index (χ4v) is 5.88. The molecule has 33 heavy (non-hydrogen) atoms. The average molecular weight is 470 g/mol. The molecule has 1 aromatic heterocycles. The van der Waals surface area contributed by atoms with Crippen molar-refractivity contribution in [3.63, 3.8) is 0 Å². The fourth-order valence-electron chi connectivity index (χ4n) is 5.88. The monoisotopic (exact) mass is 469 g/mol. The summed E-state index contributed by atoms with van der Waals surface area (Å²) in [5, 5.41) is 13.1. The van der Waals surface area contributed by atoms with Gasteiger partial charge in [0.25, 0.3) is 0 Å². The summed E-state index contributed by atoms with van der Waals surface area (Å²) in [5.74, 6) is -0.460. The number of aliphatic carboxylic acids is 1. The van der Waals surface area contributed by atoms with Gasteiger partial charge in [0, 0.05) is 25.1 Å². The van der Waals surface area contributed by atoms with Crippen molar-refractivity contribution in [3.05, 3.63) is 17.0 Å². The Morgan fingerprint density at radius 3 is 2.33 bits per heavy atom. The highest BCUT2D eigenvalue weighted by Crippen LogP contribution is 2.37. The summed E-state index contributed by atoms with van der Waals surface area (Å²) in [4.78, 5) is 25.8. The highest BCUT2D eigenvalue weighted by Gasteiger charge is 2.41. The van der Waals surface area contributed by atoms with Crippen LogP contribution in [0.25, 0.3) is 0 Å². The average Bonchev–Trinajstić information content (AvgIpc) is 3.17. The number of alkyl halides is 3. The van der Waals surface area contributed by atoms with E-state index in [1.54, 1.807) is 4.90 Å². The normalized spacial score (nSPS) is 24.5. The number of carboxylic acids is 1. The van der Waals surface area contributed by atoms with E-state index in [4.69, 9.17) is 5.11 Å². The van der Waals surface area contributed by atoms with E-state index in [-0.39, 0.29) is 42.8 Å². The smallest absolute Gasteiger partial charge is 0.435 e. The topological polar surface area (TPSA) is 75.4 Å². The van der Waals surface area contributed by atoms with Crippen molar-refractivity contribution in [2.24, 2.45) is 17.8 Å². The van der Waals surface area contributed by atoms with Gasteiger partial charge >= 0.3 is 12.1 Å². The quantitative estimate of drug-likeness (QED) is 0.634. The van der Waals surface area contributed by atoms with Crippen molar-refractivity contribution in [2.75, 3.05) is 6.54 Å². The van der Waals surface area contributed by atoms with Gasteiger partial charge in [-0.2, -0.15) is 18.3 Å². The molecule has 6 nitrogen and oxygen atoms in total. The summed E-state index contributed by atoms with van der Waals surface area (Å²) in [6.45, 7) is 0.907. The first-order valence-electron chi connectivity index (χ1n) is 12.4. The lowest BCUT2D eigenvalue weighted by atomic mass is 9.80. The fraction of sp³-hybridized carbons (Fsp3) is 0.792. The largest absolute Gasteiger partial charge is 0.481 e. The molecule has 0 atom stereocenters. The third kappa shape index (κ3) is 5.72. The Morgan fingerprint density at radius 2 is 1.70 bits per heavy atom. The summed E-state index contributed by atoms with van der Waals surface area (Å²) in [7, 11) is 0. The highest BCUT2D eigenvalue weighted by molar-refractivity contribution is 5.77. The first kappa shape index (κ1) is 24.1. The second-order valence-electron chi connectivity index (χ2n) is 10.1. The molecule has 0 unspecified atom stereocenters. The van der Waals surface area contributed by atoms with Gasteiger partial charge < -0.3 is 10.0 Å².